The first-order valence-electron chi connectivity index (χ1n) is 42.8. The summed E-state index contributed by atoms with van der Waals surface area (Å²) in [5.41, 5.74) is 25.8. The number of nitrogens with zero attached hydrogens (tertiary/aromatic N) is 9. The minimum atomic E-state index is 0.651. The lowest BCUT2D eigenvalue weighted by molar-refractivity contribution is 1.07. The Morgan fingerprint density at radius 1 is 0.159 bits per heavy atom. The molecule has 0 aliphatic heterocycles. The maximum Gasteiger partial charge on any atom is 0.164 e. The fraction of sp³-hybridized carbons (Fsp3) is 0. The van der Waals surface area contributed by atoms with Gasteiger partial charge in [-0.1, -0.05) is 346 Å². The van der Waals surface area contributed by atoms with Crippen LogP contribution in [0.25, 0.3) is 242 Å². The Balaban J connectivity index is 0.000000104. The van der Waals surface area contributed by atoms with Crippen LogP contribution in [0.3, 0.4) is 0 Å². The van der Waals surface area contributed by atoms with Crippen molar-refractivity contribution in [2.75, 3.05) is 0 Å². The molecule has 0 aliphatic carbocycles. The van der Waals surface area contributed by atoms with Gasteiger partial charge in [0.15, 0.2) is 17.5 Å². The lowest BCUT2D eigenvalue weighted by Gasteiger charge is -2.13. The lowest BCUT2D eigenvalue weighted by Crippen LogP contribution is -2.00. The molecule has 9 nitrogen and oxygen atoms in total. The fourth-order valence-electron chi connectivity index (χ4n) is 19.5. The molecule has 0 saturated carbocycles. The number of pyridine rings is 2. The molecular weight excluding hydrogens is 1530 g/mol. The molecule has 0 N–H and O–H groups in total. The third-order valence-corrected chi connectivity index (χ3v) is 25.5. The third-order valence-electron chi connectivity index (χ3n) is 25.5. The smallest absolute Gasteiger partial charge is 0.164 e. The van der Waals surface area contributed by atoms with Crippen LogP contribution < -0.4 is 0 Å². The van der Waals surface area contributed by atoms with Crippen LogP contribution in [0.4, 0.5) is 0 Å². The number of imidazole rings is 2. The molecule has 586 valence electrons. The summed E-state index contributed by atoms with van der Waals surface area (Å²) < 4.78 is 9.42. The number of benzene rings is 20. The highest BCUT2D eigenvalue weighted by Crippen LogP contribution is 2.44. The monoisotopic (exact) mass is 1600 g/mol. The summed E-state index contributed by atoms with van der Waals surface area (Å²) in [7, 11) is 0. The lowest BCUT2D eigenvalue weighted by atomic mass is 9.95. The molecule has 20 aromatic carbocycles. The second kappa shape index (κ2) is 29.4. The van der Waals surface area contributed by atoms with E-state index in [4.69, 9.17) is 24.9 Å². The summed E-state index contributed by atoms with van der Waals surface area (Å²) in [4.78, 5) is 24.8. The van der Waals surface area contributed by atoms with Gasteiger partial charge in [-0.3, -0.25) is 8.80 Å². The molecule has 0 fully saturated rings. The molecule has 0 radical (unpaired) electrons. The van der Waals surface area contributed by atoms with Crippen LogP contribution in [-0.4, -0.2) is 42.9 Å². The van der Waals surface area contributed by atoms with Gasteiger partial charge >= 0.3 is 0 Å². The number of hydrogen-bond donors (Lipinski definition) is 0. The average Bonchev–Trinajstić information content (AvgIpc) is 1.45. The SMILES string of the molecule is c1ccc(-c2nc(-c3ccccc3)nc(-c3ccc(-c4ccc(-n5c6ccccc6c6ccc7ccccc7c65)cc4)cc3)n2)cc1.c1ccc2c(c1)ccc1ccc(-c3ccc4c5ccc6ccccc6c5c5nc6ccccc6n5c4c3)cc12.c1ccc2c(c1)nc1c3ccc(-c4ccc(-n5c6ccccc6c6ccccc65)cc4)cc3c3ccccc3n21. The van der Waals surface area contributed by atoms with E-state index in [9.17, 15) is 0 Å². The largest absolute Gasteiger partial charge is 0.309 e. The zero-order valence-corrected chi connectivity index (χ0v) is 68.2. The average molecular weight is 1600 g/mol. The highest BCUT2D eigenvalue weighted by Gasteiger charge is 2.22. The summed E-state index contributed by atoms with van der Waals surface area (Å²) in [5, 5.41) is 22.5. The maximum absolute atomic E-state index is 5.18. The molecule has 0 unspecified atom stereocenters. The predicted molar refractivity (Wildman–Crippen MR) is 527 cm³/mol. The minimum Gasteiger partial charge on any atom is -0.309 e. The van der Waals surface area contributed by atoms with E-state index in [0.29, 0.717) is 17.5 Å². The van der Waals surface area contributed by atoms with Crippen molar-refractivity contribution in [2.45, 2.75) is 0 Å². The second-order valence-corrected chi connectivity index (χ2v) is 32.6. The minimum absolute atomic E-state index is 0.651. The van der Waals surface area contributed by atoms with E-state index in [1.807, 2.05) is 60.7 Å². The molecule has 0 amide bonds. The van der Waals surface area contributed by atoms with Gasteiger partial charge in [-0.2, -0.15) is 0 Å². The number of aromatic nitrogens is 9. The molecule has 7 aromatic heterocycles. The van der Waals surface area contributed by atoms with Crippen LogP contribution >= 0.6 is 0 Å². The van der Waals surface area contributed by atoms with Gasteiger partial charge in [0, 0.05) is 76.5 Å². The van der Waals surface area contributed by atoms with E-state index in [0.717, 1.165) is 72.6 Å². The molecule has 0 aliphatic rings. The van der Waals surface area contributed by atoms with Gasteiger partial charge < -0.3 is 9.13 Å². The Bertz CT molecular complexity index is 8970. The summed E-state index contributed by atoms with van der Waals surface area (Å²) in [6.45, 7) is 0. The number of fused-ring (bicyclic) bond motifs is 29. The van der Waals surface area contributed by atoms with Gasteiger partial charge in [0.1, 0.15) is 11.3 Å². The fourth-order valence-corrected chi connectivity index (χ4v) is 19.5. The van der Waals surface area contributed by atoms with Crippen LogP contribution in [0.15, 0.2) is 443 Å². The summed E-state index contributed by atoms with van der Waals surface area (Å²) in [6, 6.07) is 158. The highest BCUT2D eigenvalue weighted by molar-refractivity contribution is 6.24. The van der Waals surface area contributed by atoms with Gasteiger partial charge in [-0.15, -0.1) is 0 Å². The Morgan fingerprint density at radius 2 is 0.492 bits per heavy atom. The maximum atomic E-state index is 5.18. The van der Waals surface area contributed by atoms with Crippen molar-refractivity contribution in [3.05, 3.63) is 443 Å². The van der Waals surface area contributed by atoms with Crippen molar-refractivity contribution in [2.24, 2.45) is 0 Å². The first-order chi connectivity index (χ1) is 62.5. The van der Waals surface area contributed by atoms with E-state index >= 15 is 0 Å². The van der Waals surface area contributed by atoms with Crippen molar-refractivity contribution in [3.8, 4) is 78.9 Å². The summed E-state index contributed by atoms with van der Waals surface area (Å²) >= 11 is 0. The van der Waals surface area contributed by atoms with Gasteiger partial charge in [0.25, 0.3) is 0 Å². The van der Waals surface area contributed by atoms with Crippen molar-refractivity contribution in [1.82, 2.24) is 42.9 Å². The molecule has 126 heavy (non-hydrogen) atoms. The zero-order valence-electron chi connectivity index (χ0n) is 68.2. The molecule has 0 atom stereocenters. The van der Waals surface area contributed by atoms with Gasteiger partial charge in [-0.05, 0) is 179 Å². The summed E-state index contributed by atoms with van der Waals surface area (Å²) in [6.07, 6.45) is 0. The first-order valence-corrected chi connectivity index (χ1v) is 42.8. The Morgan fingerprint density at radius 3 is 1.09 bits per heavy atom. The van der Waals surface area contributed by atoms with Gasteiger partial charge in [0.2, 0.25) is 0 Å². The molecule has 7 heterocycles. The van der Waals surface area contributed by atoms with Gasteiger partial charge in [0.05, 0.1) is 55.2 Å². The molecule has 0 bridgehead atoms. The van der Waals surface area contributed by atoms with Crippen molar-refractivity contribution >= 4 is 163 Å². The van der Waals surface area contributed by atoms with Crippen LogP contribution in [-0.2, 0) is 0 Å². The molecule has 27 aromatic rings. The van der Waals surface area contributed by atoms with Crippen LogP contribution in [0.5, 0.6) is 0 Å². The van der Waals surface area contributed by atoms with Gasteiger partial charge in [-0.25, -0.2) is 24.9 Å². The van der Waals surface area contributed by atoms with Crippen molar-refractivity contribution < 1.29 is 0 Å². The molecule has 0 spiro atoms. The van der Waals surface area contributed by atoms with Crippen molar-refractivity contribution in [1.29, 1.82) is 0 Å². The van der Waals surface area contributed by atoms with Crippen LogP contribution in [0.1, 0.15) is 0 Å². The molecule has 27 rings (SSSR count). The van der Waals surface area contributed by atoms with Crippen molar-refractivity contribution in [3.63, 3.8) is 0 Å². The third kappa shape index (κ3) is 11.9. The highest BCUT2D eigenvalue weighted by atomic mass is 15.0. The first kappa shape index (κ1) is 71.9. The van der Waals surface area contributed by atoms with E-state index in [1.165, 1.54) is 152 Å². The zero-order chi connectivity index (χ0) is 82.9. The quantitative estimate of drug-likeness (QED) is 0.142. The van der Waals surface area contributed by atoms with E-state index < -0.39 is 0 Å². The molecular formula is C117H73N9. The standard InChI is InChI=1S/C43H28N4.C37H23N3.C37H22N2/c1-3-12-32(13-4-1)41-44-42(33-14-5-2-6-15-33)46-43(45-41)34-21-19-29(20-22-34)30-23-26-35(27-24-30)47-39-18-10-9-17-37(39)38-28-25-31-11-7-8-16-36(31)40(38)47;1-5-13-33-27(9-1)28-10-2-6-14-34(28)39(33)26-20-17-24(18-21-26)25-19-22-30-31(23-25)29-11-3-7-15-35(29)40-36-16-8-4-12-32(36)38-37(30)40;1-3-9-28-23(7-1)13-14-25-15-16-26(21-32(25)28)27-18-19-30-31-20-17-24-8-2-4-10-29(24)36(31)37-38-33-11-5-6-12-34(33)39(37)35(30)22-27/h1-28H;1-23H;1-22H. The van der Waals surface area contributed by atoms with Crippen LogP contribution in [0.2, 0.25) is 0 Å². The topological polar surface area (TPSA) is 83.1 Å². The normalized spacial score (nSPS) is 11.8. The van der Waals surface area contributed by atoms with E-state index in [1.54, 1.807) is 0 Å². The summed E-state index contributed by atoms with van der Waals surface area (Å²) in [5.74, 6) is 1.97. The van der Waals surface area contributed by atoms with Crippen LogP contribution in [0, 0.1) is 0 Å². The molecule has 0 saturated heterocycles. The Labute approximate surface area is 723 Å². The number of para-hydroxylation sites is 8. The Kier molecular flexibility index (Phi) is 16.8. The Hall–Kier alpha value is -17.0. The van der Waals surface area contributed by atoms with E-state index in [-0.39, 0.29) is 0 Å². The van der Waals surface area contributed by atoms with E-state index in [2.05, 4.69) is 400 Å². The second-order valence-electron chi connectivity index (χ2n) is 32.6. The number of rotatable bonds is 8. The number of hydrogen-bond acceptors (Lipinski definition) is 5. The predicted octanol–water partition coefficient (Wildman–Crippen LogP) is 30.3. The molecule has 9 heteroatoms.